The minimum atomic E-state index is 0. The topological polar surface area (TPSA) is 25.3 Å². The zero-order valence-electron chi connectivity index (χ0n) is 52.2. The molecule has 0 radical (unpaired) electrons. The third kappa shape index (κ3) is 35.1. The number of hydrogen-bond donors (Lipinski definition) is 0. The number of allylic oxidation sites excluding steroid dienone is 6. The summed E-state index contributed by atoms with van der Waals surface area (Å²) in [5.41, 5.74) is 21.0. The fourth-order valence-corrected chi connectivity index (χ4v) is 11.8. The summed E-state index contributed by atoms with van der Waals surface area (Å²) in [6.45, 7) is 11.6. The molecule has 0 saturated carbocycles. The van der Waals surface area contributed by atoms with Crippen molar-refractivity contribution in [3.05, 3.63) is 127 Å². The maximum absolute atomic E-state index is 12.5. The van der Waals surface area contributed by atoms with Gasteiger partial charge in [-0.25, -0.2) is 4.70 Å². The van der Waals surface area contributed by atoms with Gasteiger partial charge < -0.3 is 20.4 Å². The van der Waals surface area contributed by atoms with Gasteiger partial charge in [0.25, 0.3) is 0 Å². The van der Waals surface area contributed by atoms with Gasteiger partial charge in [-0.2, -0.15) is 0 Å². The molecule has 0 amide bonds. The van der Waals surface area contributed by atoms with Crippen LogP contribution >= 0.6 is 0 Å². The standard InChI is InChI=1S/C72H120N2.2CH3.Ni/c1-6-11-16-20-24-26-28-30-32-34-36-40-44-52-64(50-42-38-22-18-13-8-3)59-61-66-55-46-48-57-69(66)71-63-68(54-15-10-5)72(74(71)73)70-58-49-47-56-67(70)62-60-65(51-43-39-23-19-14-9-4)53-45-41-37-35-33-31-29-27-25-21-17-12-7-2;;;/h40-41,44-49,55-58,63-65H,6-39,42-43,50-54,59-62H2,1-5H3;2*1H3;/q;2*-1;+2. The Morgan fingerprint density at radius 2 is 0.714 bits per heavy atom. The first-order valence-electron chi connectivity index (χ1n) is 33.0. The van der Waals surface area contributed by atoms with Gasteiger partial charge in [0.15, 0.2) is 0 Å². The van der Waals surface area contributed by atoms with Crippen LogP contribution in [0, 0.1) is 26.7 Å². The first-order valence-corrected chi connectivity index (χ1v) is 33.0. The average molecular weight is 1100 g/mol. The number of aryl methyl sites for hydroxylation is 2. The molecule has 0 N–H and O–H groups in total. The molecule has 3 rings (SSSR count). The Morgan fingerprint density at radius 3 is 1.12 bits per heavy atom. The molecule has 2 aromatic rings. The first kappa shape index (κ1) is 74.5. The van der Waals surface area contributed by atoms with Crippen LogP contribution in [0.5, 0.6) is 0 Å². The van der Waals surface area contributed by atoms with Crippen molar-refractivity contribution in [2.75, 3.05) is 0 Å². The maximum atomic E-state index is 12.5. The summed E-state index contributed by atoms with van der Waals surface area (Å²) in [7, 11) is 0. The molecule has 0 spiro atoms. The van der Waals surface area contributed by atoms with Crippen LogP contribution in [0.1, 0.15) is 333 Å². The van der Waals surface area contributed by atoms with Crippen molar-refractivity contribution in [2.24, 2.45) is 11.8 Å². The Hall–Kier alpha value is -2.51. The van der Waals surface area contributed by atoms with E-state index in [2.05, 4.69) is 114 Å². The molecule has 442 valence electrons. The van der Waals surface area contributed by atoms with Crippen LogP contribution in [0.2, 0.25) is 0 Å². The van der Waals surface area contributed by atoms with Crippen molar-refractivity contribution in [2.45, 2.75) is 324 Å². The molecular weight excluding hydrogens is 976 g/mol. The molecule has 0 fully saturated rings. The van der Waals surface area contributed by atoms with Crippen LogP contribution in [0.25, 0.3) is 16.9 Å². The molecule has 0 aromatic heterocycles. The summed E-state index contributed by atoms with van der Waals surface area (Å²) >= 11 is 0. The van der Waals surface area contributed by atoms with Crippen molar-refractivity contribution >= 4 is 11.4 Å². The summed E-state index contributed by atoms with van der Waals surface area (Å²) in [6, 6.07) is 18.1. The van der Waals surface area contributed by atoms with Gasteiger partial charge in [0.05, 0.1) is 0 Å². The van der Waals surface area contributed by atoms with Gasteiger partial charge in [-0.05, 0) is 112 Å². The van der Waals surface area contributed by atoms with E-state index in [-0.39, 0.29) is 31.3 Å². The van der Waals surface area contributed by atoms with Crippen LogP contribution in [-0.4, -0.2) is 4.70 Å². The first-order chi connectivity index (χ1) is 36.6. The van der Waals surface area contributed by atoms with E-state index < -0.39 is 0 Å². The van der Waals surface area contributed by atoms with Gasteiger partial charge >= 0.3 is 16.5 Å². The van der Waals surface area contributed by atoms with E-state index in [0.717, 1.165) is 43.5 Å². The smallest absolute Gasteiger partial charge is 0.493 e. The second-order valence-electron chi connectivity index (χ2n) is 23.4. The molecule has 2 unspecified atom stereocenters. The molecule has 0 bridgehead atoms. The van der Waals surface area contributed by atoms with E-state index in [1.54, 1.807) is 4.70 Å². The summed E-state index contributed by atoms with van der Waals surface area (Å²) in [6.07, 6.45) is 72.2. The monoisotopic (exact) mass is 1100 g/mol. The molecule has 77 heavy (non-hydrogen) atoms. The summed E-state index contributed by atoms with van der Waals surface area (Å²) in [5, 5.41) is 0. The third-order valence-corrected chi connectivity index (χ3v) is 16.7. The van der Waals surface area contributed by atoms with Crippen LogP contribution in [0.15, 0.2) is 84.5 Å². The molecule has 0 aliphatic carbocycles. The van der Waals surface area contributed by atoms with Crippen LogP contribution in [-0.2, 0) is 29.3 Å². The average Bonchev–Trinajstić information content (AvgIpc) is 3.75. The van der Waals surface area contributed by atoms with Gasteiger partial charge in [-0.3, -0.25) is 0 Å². The second kappa shape index (κ2) is 52.8. The van der Waals surface area contributed by atoms with E-state index in [9.17, 15) is 5.53 Å². The molecule has 2 aromatic carbocycles. The van der Waals surface area contributed by atoms with Crippen molar-refractivity contribution < 1.29 is 21.2 Å². The quantitative estimate of drug-likeness (QED) is 0.0207. The Balaban J connectivity index is 0.0000193. The number of nitrogens with zero attached hydrogens (tertiary/aromatic N) is 2. The normalized spacial score (nSPS) is 13.3. The van der Waals surface area contributed by atoms with E-state index >= 15 is 0 Å². The molecular formula is C74H126N2Ni. The maximum Gasteiger partial charge on any atom is 2.00 e. The molecule has 3 heteroatoms. The van der Waals surface area contributed by atoms with E-state index in [0.29, 0.717) is 11.8 Å². The Bertz CT molecular complexity index is 1780. The summed E-state index contributed by atoms with van der Waals surface area (Å²) in [4.78, 5) is 0. The molecule has 1 aliphatic rings. The van der Waals surface area contributed by atoms with Gasteiger partial charge in [0.2, 0.25) is 11.4 Å². The van der Waals surface area contributed by atoms with Gasteiger partial charge in [0.1, 0.15) is 0 Å². The van der Waals surface area contributed by atoms with E-state index in [1.807, 2.05) is 0 Å². The van der Waals surface area contributed by atoms with Gasteiger partial charge in [0, 0.05) is 22.8 Å². The fourth-order valence-electron chi connectivity index (χ4n) is 11.8. The van der Waals surface area contributed by atoms with Crippen LogP contribution < -0.4 is 0 Å². The van der Waals surface area contributed by atoms with Gasteiger partial charge in [-0.15, -0.1) is 0 Å². The zero-order chi connectivity index (χ0) is 52.8. The Labute approximate surface area is 492 Å². The second-order valence-corrected chi connectivity index (χ2v) is 23.4. The van der Waals surface area contributed by atoms with Gasteiger partial charge in [-0.1, -0.05) is 307 Å². The summed E-state index contributed by atoms with van der Waals surface area (Å²) in [5.74, 6) is 1.40. The Morgan fingerprint density at radius 1 is 0.377 bits per heavy atom. The molecule has 2 nitrogen and oxygen atoms in total. The number of hydrogen-bond acceptors (Lipinski definition) is 0. The van der Waals surface area contributed by atoms with E-state index in [1.165, 1.54) is 285 Å². The van der Waals surface area contributed by atoms with Crippen LogP contribution in [0.3, 0.4) is 0 Å². The number of rotatable bonds is 51. The molecule has 2 atom stereocenters. The number of benzene rings is 2. The fraction of sp³-hybridized carbons (Fsp3) is 0.703. The number of unbranched alkanes of at least 4 members (excludes halogenated alkanes) is 31. The zero-order valence-corrected chi connectivity index (χ0v) is 53.2. The summed E-state index contributed by atoms with van der Waals surface area (Å²) < 4.78 is 1.61. The Kier molecular flexibility index (Phi) is 51.1. The third-order valence-electron chi connectivity index (χ3n) is 16.7. The van der Waals surface area contributed by atoms with E-state index in [4.69, 9.17) is 0 Å². The predicted octanol–water partition coefficient (Wildman–Crippen LogP) is 25.7. The minimum absolute atomic E-state index is 0. The van der Waals surface area contributed by atoms with Crippen molar-refractivity contribution in [1.29, 1.82) is 0 Å². The van der Waals surface area contributed by atoms with Crippen LogP contribution in [0.4, 0.5) is 0 Å². The minimum Gasteiger partial charge on any atom is -0.493 e. The van der Waals surface area contributed by atoms with Crippen molar-refractivity contribution in [3.63, 3.8) is 0 Å². The SMILES string of the molecule is CCCCCCCCCCCCC=CCC(CCCCCCCC)CCc1ccccc1C1=CC(CCCC)=C(c2ccccc2CCC(CC=CCCCCCCCCCCCC)CCCCCCCC)[N+]1=[N-].[CH3-].[CH3-].[Ni+2]. The van der Waals surface area contributed by atoms with Crippen molar-refractivity contribution in [1.82, 2.24) is 0 Å². The van der Waals surface area contributed by atoms with Crippen molar-refractivity contribution in [3.8, 4) is 0 Å². The molecule has 1 aliphatic heterocycles. The largest absolute Gasteiger partial charge is 2.00 e. The molecule has 0 saturated heterocycles. The predicted molar refractivity (Wildman–Crippen MR) is 344 cm³/mol. The molecule has 1 heterocycles.